The third kappa shape index (κ3) is 2.47. The summed E-state index contributed by atoms with van der Waals surface area (Å²) >= 11 is 0. The fourth-order valence-electron chi connectivity index (χ4n) is 2.21. The van der Waals surface area contributed by atoms with E-state index in [0.717, 1.165) is 0 Å². The van der Waals surface area contributed by atoms with Crippen LogP contribution in [0, 0.1) is 0 Å². The maximum absolute atomic E-state index is 15.5. The second-order valence-electron chi connectivity index (χ2n) is 4.44. The van der Waals surface area contributed by atoms with Crippen molar-refractivity contribution in [3.63, 3.8) is 0 Å². The highest BCUT2D eigenvalue weighted by molar-refractivity contribution is 5.49. The van der Waals surface area contributed by atoms with Gasteiger partial charge in [0.2, 0.25) is 0 Å². The molecular weight excluding hydrogens is 257 g/mol. The van der Waals surface area contributed by atoms with Crippen molar-refractivity contribution >= 4 is 0 Å². The molecule has 0 saturated heterocycles. The number of hydrogen-bond donors (Lipinski definition) is 1. The van der Waals surface area contributed by atoms with Gasteiger partial charge in [0.05, 0.1) is 14.2 Å². The summed E-state index contributed by atoms with van der Waals surface area (Å²) in [7, 11) is 3.05. The van der Waals surface area contributed by atoms with Crippen molar-refractivity contribution in [2.45, 2.75) is 5.67 Å². The van der Waals surface area contributed by atoms with Gasteiger partial charge < -0.3 is 15.2 Å². The van der Waals surface area contributed by atoms with Gasteiger partial charge in [-0.15, -0.1) is 0 Å². The number of alkyl halides is 1. The van der Waals surface area contributed by atoms with E-state index in [9.17, 15) is 0 Å². The summed E-state index contributed by atoms with van der Waals surface area (Å²) in [6.07, 6.45) is 0. The van der Waals surface area contributed by atoms with E-state index in [2.05, 4.69) is 0 Å². The van der Waals surface area contributed by atoms with Crippen molar-refractivity contribution in [1.29, 1.82) is 0 Å². The monoisotopic (exact) mass is 275 g/mol. The van der Waals surface area contributed by atoms with Crippen molar-refractivity contribution in [3.8, 4) is 11.5 Å². The van der Waals surface area contributed by atoms with Gasteiger partial charge in [0.1, 0.15) is 11.5 Å². The SMILES string of the molecule is COc1ccc(OC)c(C(F)(CN)c2ccccc2)c1. The van der Waals surface area contributed by atoms with Gasteiger partial charge in [-0.2, -0.15) is 0 Å². The van der Waals surface area contributed by atoms with Crippen LogP contribution in [-0.4, -0.2) is 20.8 Å². The predicted octanol–water partition coefficient (Wildman–Crippen LogP) is 2.88. The quantitative estimate of drug-likeness (QED) is 0.912. The molecule has 0 aromatic heterocycles. The first kappa shape index (κ1) is 14.3. The summed E-state index contributed by atoms with van der Waals surface area (Å²) in [6, 6.07) is 13.9. The Labute approximate surface area is 118 Å². The van der Waals surface area contributed by atoms with E-state index in [1.165, 1.54) is 14.2 Å². The number of hydrogen-bond acceptors (Lipinski definition) is 3. The third-order valence-corrected chi connectivity index (χ3v) is 3.35. The number of methoxy groups -OCH3 is 2. The minimum atomic E-state index is -1.82. The summed E-state index contributed by atoms with van der Waals surface area (Å²) in [5.74, 6) is 1.01. The zero-order valence-electron chi connectivity index (χ0n) is 11.6. The van der Waals surface area contributed by atoms with Crippen molar-refractivity contribution < 1.29 is 13.9 Å². The first-order valence-corrected chi connectivity index (χ1v) is 6.32. The fraction of sp³-hybridized carbons (Fsp3) is 0.250. The molecule has 106 valence electrons. The molecule has 0 radical (unpaired) electrons. The first-order valence-electron chi connectivity index (χ1n) is 6.32. The van der Waals surface area contributed by atoms with Gasteiger partial charge in [-0.3, -0.25) is 0 Å². The molecule has 0 saturated carbocycles. The zero-order valence-corrected chi connectivity index (χ0v) is 11.6. The average molecular weight is 275 g/mol. The molecule has 0 amide bonds. The number of nitrogens with two attached hydrogens (primary N) is 1. The fourth-order valence-corrected chi connectivity index (χ4v) is 2.21. The molecule has 0 spiro atoms. The minimum Gasteiger partial charge on any atom is -0.497 e. The van der Waals surface area contributed by atoms with E-state index in [-0.39, 0.29) is 6.54 Å². The normalized spacial score (nSPS) is 13.6. The molecule has 0 bridgehead atoms. The summed E-state index contributed by atoms with van der Waals surface area (Å²) in [6.45, 7) is -0.180. The second-order valence-corrected chi connectivity index (χ2v) is 4.44. The van der Waals surface area contributed by atoms with Crippen LogP contribution in [0.2, 0.25) is 0 Å². The molecule has 20 heavy (non-hydrogen) atoms. The molecule has 0 aliphatic carbocycles. The van der Waals surface area contributed by atoms with Crippen LogP contribution in [0.1, 0.15) is 11.1 Å². The highest BCUT2D eigenvalue weighted by Gasteiger charge is 2.35. The van der Waals surface area contributed by atoms with Gasteiger partial charge in [-0.1, -0.05) is 30.3 Å². The summed E-state index contributed by atoms with van der Waals surface area (Å²) in [4.78, 5) is 0. The van der Waals surface area contributed by atoms with Crippen LogP contribution in [0.15, 0.2) is 48.5 Å². The Morgan fingerprint density at radius 1 is 1.05 bits per heavy atom. The summed E-state index contributed by atoms with van der Waals surface area (Å²) in [5.41, 5.74) is 4.76. The molecular formula is C16H18FNO2. The molecule has 4 heteroatoms. The van der Waals surface area contributed by atoms with Crippen LogP contribution in [-0.2, 0) is 5.67 Å². The molecule has 1 atom stereocenters. The van der Waals surface area contributed by atoms with E-state index in [1.54, 1.807) is 42.5 Å². The Kier molecular flexibility index (Phi) is 4.25. The van der Waals surface area contributed by atoms with Crippen molar-refractivity contribution in [1.82, 2.24) is 0 Å². The smallest absolute Gasteiger partial charge is 0.176 e. The number of rotatable bonds is 5. The van der Waals surface area contributed by atoms with E-state index in [0.29, 0.717) is 22.6 Å². The molecule has 2 rings (SSSR count). The van der Waals surface area contributed by atoms with Crippen LogP contribution in [0.4, 0.5) is 4.39 Å². The lowest BCUT2D eigenvalue weighted by Crippen LogP contribution is -2.32. The van der Waals surface area contributed by atoms with E-state index in [4.69, 9.17) is 15.2 Å². The van der Waals surface area contributed by atoms with Crippen molar-refractivity contribution in [3.05, 3.63) is 59.7 Å². The molecule has 1 unspecified atom stereocenters. The lowest BCUT2D eigenvalue weighted by atomic mass is 9.87. The van der Waals surface area contributed by atoms with Gasteiger partial charge in [0.15, 0.2) is 5.67 Å². The number of benzene rings is 2. The lowest BCUT2D eigenvalue weighted by Gasteiger charge is -2.27. The lowest BCUT2D eigenvalue weighted by molar-refractivity contribution is 0.223. The third-order valence-electron chi connectivity index (χ3n) is 3.35. The first-order chi connectivity index (χ1) is 9.65. The van der Waals surface area contributed by atoms with E-state index >= 15 is 4.39 Å². The predicted molar refractivity (Wildman–Crippen MR) is 76.9 cm³/mol. The maximum atomic E-state index is 15.5. The molecule has 3 nitrogen and oxygen atoms in total. The molecule has 0 heterocycles. The molecule has 2 aromatic carbocycles. The highest BCUT2D eigenvalue weighted by Crippen LogP contribution is 2.40. The van der Waals surface area contributed by atoms with Gasteiger partial charge in [0, 0.05) is 12.1 Å². The van der Waals surface area contributed by atoms with Crippen LogP contribution in [0.5, 0.6) is 11.5 Å². The van der Waals surface area contributed by atoms with Crippen molar-refractivity contribution in [2.75, 3.05) is 20.8 Å². The number of ether oxygens (including phenoxy) is 2. The maximum Gasteiger partial charge on any atom is 0.176 e. The molecule has 2 aromatic rings. The largest absolute Gasteiger partial charge is 0.497 e. The van der Waals surface area contributed by atoms with Crippen LogP contribution in [0.25, 0.3) is 0 Å². The van der Waals surface area contributed by atoms with Crippen LogP contribution in [0.3, 0.4) is 0 Å². The Bertz CT molecular complexity index is 574. The Morgan fingerprint density at radius 2 is 1.75 bits per heavy atom. The average Bonchev–Trinajstić information content (AvgIpc) is 2.54. The standard InChI is InChI=1S/C16H18FNO2/c1-19-13-8-9-15(20-2)14(10-13)16(17,11-18)12-6-4-3-5-7-12/h3-10H,11,18H2,1-2H3. The highest BCUT2D eigenvalue weighted by atomic mass is 19.1. The Morgan fingerprint density at radius 3 is 2.30 bits per heavy atom. The van der Waals surface area contributed by atoms with E-state index in [1.807, 2.05) is 6.07 Å². The van der Waals surface area contributed by atoms with E-state index < -0.39 is 5.67 Å². The van der Waals surface area contributed by atoms with Gasteiger partial charge in [-0.05, 0) is 23.8 Å². The Balaban J connectivity index is 2.61. The zero-order chi connectivity index (χ0) is 14.6. The van der Waals surface area contributed by atoms with Gasteiger partial charge in [-0.25, -0.2) is 4.39 Å². The summed E-state index contributed by atoms with van der Waals surface area (Å²) < 4.78 is 25.9. The number of halogens is 1. The summed E-state index contributed by atoms with van der Waals surface area (Å²) in [5, 5.41) is 0. The molecule has 0 aliphatic heterocycles. The van der Waals surface area contributed by atoms with Gasteiger partial charge >= 0.3 is 0 Å². The topological polar surface area (TPSA) is 44.5 Å². The van der Waals surface area contributed by atoms with Crippen LogP contribution >= 0.6 is 0 Å². The van der Waals surface area contributed by atoms with Crippen molar-refractivity contribution in [2.24, 2.45) is 5.73 Å². The Hall–Kier alpha value is -2.07. The van der Waals surface area contributed by atoms with Gasteiger partial charge in [0.25, 0.3) is 0 Å². The molecule has 0 fully saturated rings. The van der Waals surface area contributed by atoms with Crippen LogP contribution < -0.4 is 15.2 Å². The minimum absolute atomic E-state index is 0.180. The second kappa shape index (κ2) is 5.92. The molecule has 0 aliphatic rings. The molecule has 2 N–H and O–H groups in total.